The fourth-order valence-corrected chi connectivity index (χ4v) is 14.7. The number of likely N-dealkylation sites (tertiary alicyclic amines) is 4. The Morgan fingerprint density at radius 2 is 0.741 bits per heavy atom. The number of pyridine rings is 8. The lowest BCUT2D eigenvalue weighted by Gasteiger charge is -2.30. The van der Waals surface area contributed by atoms with Crippen molar-refractivity contribution >= 4 is 66.8 Å². The summed E-state index contributed by atoms with van der Waals surface area (Å²) in [7, 11) is 15.1. The van der Waals surface area contributed by atoms with E-state index in [1.807, 2.05) is 121 Å². The SMILES string of the molecule is COc1cc(-c2cc3ncccc3c(=O)[nH]2)ccc1OC1CCCN(C)C1.COc1cc(-c2cc3ncccc3c(=O)[nH]2)ccc1OCC1CCCN1C.COc1cc(-c2cc3ncccc3c(Cl)n2)ccc1OC1CCCN(C)C1.COc1cc(-c2cc3ncccc3c(Cl)n2)ccc1OCC1CCCN1C. The number of likely N-dealkylation sites (N-methyl/N-ethyl adjacent to an activating group) is 4. The van der Waals surface area contributed by atoms with Gasteiger partial charge < -0.3 is 67.5 Å². The van der Waals surface area contributed by atoms with Gasteiger partial charge in [-0.3, -0.25) is 29.5 Å². The number of fused-ring (bicyclic) bond motifs is 4. The van der Waals surface area contributed by atoms with Gasteiger partial charge in [0.15, 0.2) is 46.0 Å². The molecule has 4 aromatic carbocycles. The number of ether oxygens (including phenoxy) is 8. The third-order valence-corrected chi connectivity index (χ3v) is 20.7. The van der Waals surface area contributed by atoms with Gasteiger partial charge in [-0.05, 0) is 251 Å². The lowest BCUT2D eigenvalue weighted by atomic mass is 10.1. The Hall–Kier alpha value is -10.5. The minimum Gasteiger partial charge on any atom is -0.493 e. The predicted molar refractivity (Wildman–Crippen MR) is 426 cm³/mol. The van der Waals surface area contributed by atoms with Crippen molar-refractivity contribution in [2.24, 2.45) is 0 Å². The topological polar surface area (TPSA) is 230 Å². The van der Waals surface area contributed by atoms with E-state index in [9.17, 15) is 9.59 Å². The molecule has 108 heavy (non-hydrogen) atoms. The van der Waals surface area contributed by atoms with Gasteiger partial charge in [-0.25, -0.2) is 9.97 Å². The van der Waals surface area contributed by atoms with Crippen LogP contribution in [0, 0.1) is 0 Å². The molecule has 4 atom stereocenters. The summed E-state index contributed by atoms with van der Waals surface area (Å²) in [4.78, 5) is 66.1. The number of halogens is 2. The van der Waals surface area contributed by atoms with Crippen LogP contribution in [0.3, 0.4) is 0 Å². The fraction of sp³-hybridized carbons (Fsp3) is 0.333. The number of rotatable bonds is 18. The molecule has 0 aliphatic carbocycles. The Morgan fingerprint density at radius 1 is 0.398 bits per heavy atom. The molecule has 0 amide bonds. The molecule has 2 N–H and O–H groups in total. The third kappa shape index (κ3) is 18.4. The van der Waals surface area contributed by atoms with Crippen molar-refractivity contribution in [1.82, 2.24) is 59.5 Å². The van der Waals surface area contributed by atoms with Gasteiger partial charge in [-0.1, -0.05) is 23.2 Å². The normalized spacial score (nSPS) is 17.6. The summed E-state index contributed by atoms with van der Waals surface area (Å²) in [5.74, 6) is 5.62. The minimum absolute atomic E-state index is 0.153. The van der Waals surface area contributed by atoms with Crippen molar-refractivity contribution in [3.05, 3.63) is 201 Å². The zero-order chi connectivity index (χ0) is 75.2. The first-order chi connectivity index (χ1) is 52.6. The molecule has 16 rings (SSSR count). The molecule has 0 saturated carbocycles. The van der Waals surface area contributed by atoms with Gasteiger partial charge in [0, 0.05) is 83.0 Å². The molecule has 4 aliphatic rings. The molecule has 4 fully saturated rings. The highest BCUT2D eigenvalue weighted by atomic mass is 35.5. The first-order valence-electron chi connectivity index (χ1n) is 36.5. The maximum atomic E-state index is 12.3. The zero-order valence-corrected chi connectivity index (χ0v) is 63.6. The number of hydrogen-bond acceptors (Lipinski definition) is 20. The third-order valence-electron chi connectivity index (χ3n) is 20.2. The van der Waals surface area contributed by atoms with Crippen LogP contribution in [0.4, 0.5) is 0 Å². The number of hydrogen-bond donors (Lipinski definition) is 2. The van der Waals surface area contributed by atoms with E-state index < -0.39 is 0 Å². The highest BCUT2D eigenvalue weighted by Gasteiger charge is 2.26. The number of benzene rings is 4. The Bertz CT molecular complexity index is 5240. The van der Waals surface area contributed by atoms with Crippen LogP contribution >= 0.6 is 23.2 Å². The van der Waals surface area contributed by atoms with E-state index in [4.69, 9.17) is 61.1 Å². The second-order valence-electron chi connectivity index (χ2n) is 27.6. The van der Waals surface area contributed by atoms with Crippen LogP contribution in [0.25, 0.3) is 88.6 Å². The molecule has 12 heterocycles. The first-order valence-corrected chi connectivity index (χ1v) is 37.2. The molecular formula is C84H90Cl2N12O10. The van der Waals surface area contributed by atoms with Gasteiger partial charge in [0.05, 0.1) is 84.1 Å². The number of H-pyrrole nitrogens is 2. The maximum absolute atomic E-state index is 12.3. The van der Waals surface area contributed by atoms with Gasteiger partial charge in [0.1, 0.15) is 35.7 Å². The van der Waals surface area contributed by atoms with Crippen LogP contribution in [0.1, 0.15) is 51.4 Å². The van der Waals surface area contributed by atoms with Gasteiger partial charge >= 0.3 is 0 Å². The van der Waals surface area contributed by atoms with E-state index in [1.54, 1.807) is 77.5 Å². The van der Waals surface area contributed by atoms with Crippen molar-refractivity contribution in [3.63, 3.8) is 0 Å². The second kappa shape index (κ2) is 35.5. The Labute approximate surface area is 637 Å². The Balaban J connectivity index is 0.000000127. The van der Waals surface area contributed by atoms with Crippen LogP contribution in [0.2, 0.25) is 10.3 Å². The summed E-state index contributed by atoms with van der Waals surface area (Å²) in [6, 6.07) is 46.3. The molecule has 4 saturated heterocycles. The number of nitrogens with one attached hydrogen (secondary N) is 2. The number of piperidine rings is 2. The van der Waals surface area contributed by atoms with Gasteiger partial charge in [-0.2, -0.15) is 0 Å². The van der Waals surface area contributed by atoms with Crippen molar-refractivity contribution in [2.45, 2.75) is 75.7 Å². The molecule has 4 unspecified atom stereocenters. The number of methoxy groups -OCH3 is 4. The molecule has 0 bridgehead atoms. The lowest BCUT2D eigenvalue weighted by molar-refractivity contribution is 0.101. The van der Waals surface area contributed by atoms with Crippen molar-refractivity contribution in [1.29, 1.82) is 0 Å². The monoisotopic (exact) mass is 1500 g/mol. The molecule has 0 spiro atoms. The van der Waals surface area contributed by atoms with E-state index in [-0.39, 0.29) is 23.3 Å². The van der Waals surface area contributed by atoms with E-state index in [0.29, 0.717) is 97.5 Å². The van der Waals surface area contributed by atoms with Gasteiger partial charge in [0.2, 0.25) is 0 Å². The Kier molecular flexibility index (Phi) is 24.9. The minimum atomic E-state index is -0.154. The van der Waals surface area contributed by atoms with Crippen LogP contribution in [0.5, 0.6) is 46.0 Å². The standard InChI is InChI=1S/2C21H22ClN3O2.2C21H23N3O3/c1-25-10-4-5-15(25)13-27-19-8-7-14(11-20(19)26-2)17-12-18-16(21(22)24-17)6-3-9-23-18;1-25-10-4-5-15(13-25)27-19-8-7-14(11-20(19)26-2)17-12-18-16(21(22)24-17)6-3-9-23-18;1-24-10-4-5-15(24)13-27-19-8-7-14(11-20(19)26-2)17-12-18-16(21(25)23-17)6-3-9-22-18;1-24-10-4-5-15(13-24)27-19-8-7-14(11-20(19)26-2)17-12-18-16(21(25)23-17)6-3-9-22-18/h2*3,6-9,11-12,15H,4-5,10,13H2,1-2H3;2*3,6-9,11-12,15H,4-5,10,13H2,1-2H3,(H,23,25). The molecule has 0 radical (unpaired) electrons. The summed E-state index contributed by atoms with van der Waals surface area (Å²) >= 11 is 12.7. The Morgan fingerprint density at radius 3 is 1.11 bits per heavy atom. The van der Waals surface area contributed by atoms with Crippen LogP contribution in [0.15, 0.2) is 180 Å². The second-order valence-corrected chi connectivity index (χ2v) is 28.3. The average molecular weight is 1500 g/mol. The van der Waals surface area contributed by atoms with E-state index in [1.165, 1.54) is 19.3 Å². The fourth-order valence-electron chi connectivity index (χ4n) is 14.1. The van der Waals surface area contributed by atoms with Gasteiger partial charge in [0.25, 0.3) is 11.1 Å². The van der Waals surface area contributed by atoms with Crippen molar-refractivity contribution in [3.8, 4) is 91.0 Å². The summed E-state index contributed by atoms with van der Waals surface area (Å²) in [6.07, 6.45) is 16.4. The number of aromatic nitrogens is 8. The van der Waals surface area contributed by atoms with E-state index in [0.717, 1.165) is 144 Å². The summed E-state index contributed by atoms with van der Waals surface area (Å²) < 4.78 is 46.6. The molecule has 12 aromatic rings. The van der Waals surface area contributed by atoms with Crippen LogP contribution < -0.4 is 49.0 Å². The largest absolute Gasteiger partial charge is 0.493 e. The van der Waals surface area contributed by atoms with Crippen LogP contribution in [-0.4, -0.2) is 193 Å². The van der Waals surface area contributed by atoms with E-state index in [2.05, 4.69) is 87.7 Å². The zero-order valence-electron chi connectivity index (χ0n) is 62.1. The lowest BCUT2D eigenvalue weighted by Crippen LogP contribution is -2.38. The molecule has 8 aromatic heterocycles. The summed E-state index contributed by atoms with van der Waals surface area (Å²) in [5.41, 5.74) is 9.10. The highest BCUT2D eigenvalue weighted by molar-refractivity contribution is 6.34. The van der Waals surface area contributed by atoms with Gasteiger partial charge in [-0.15, -0.1) is 0 Å². The first kappa shape index (κ1) is 75.8. The van der Waals surface area contributed by atoms with E-state index >= 15 is 0 Å². The number of aromatic amines is 2. The molecular weight excluding hydrogens is 1410 g/mol. The number of nitrogens with zero attached hydrogens (tertiary/aromatic N) is 10. The average Bonchev–Trinajstić information content (AvgIpc) is 0.909. The highest BCUT2D eigenvalue weighted by Crippen LogP contribution is 2.39. The quantitative estimate of drug-likeness (QED) is 0.0761. The maximum Gasteiger partial charge on any atom is 0.257 e. The molecule has 4 aliphatic heterocycles. The van der Waals surface area contributed by atoms with Crippen LogP contribution in [-0.2, 0) is 0 Å². The predicted octanol–water partition coefficient (Wildman–Crippen LogP) is 15.0. The molecule has 22 nitrogen and oxygen atoms in total. The smallest absolute Gasteiger partial charge is 0.257 e. The molecule has 560 valence electrons. The summed E-state index contributed by atoms with van der Waals surface area (Å²) in [6.45, 7) is 7.63. The molecule has 24 heteroatoms. The van der Waals surface area contributed by atoms with Crippen molar-refractivity contribution in [2.75, 3.05) is 109 Å². The van der Waals surface area contributed by atoms with Crippen molar-refractivity contribution < 1.29 is 37.9 Å². The summed E-state index contributed by atoms with van der Waals surface area (Å²) in [5, 5.41) is 3.73.